The van der Waals surface area contributed by atoms with E-state index in [0.717, 1.165) is 23.5 Å². The number of amides is 1. The van der Waals surface area contributed by atoms with Crippen LogP contribution in [-0.4, -0.2) is 25.7 Å². The Balaban J connectivity index is 1.51. The van der Waals surface area contributed by atoms with Gasteiger partial charge in [0.05, 0.1) is 10.6 Å². The molecule has 0 spiro atoms. The number of benzene rings is 2. The maximum Gasteiger partial charge on any atom is 0.573 e. The lowest BCUT2D eigenvalue weighted by atomic mass is 10.2. The third-order valence-corrected chi connectivity index (χ3v) is 6.10. The van der Waals surface area contributed by atoms with Crippen LogP contribution in [0, 0.1) is 0 Å². The van der Waals surface area contributed by atoms with Crippen molar-refractivity contribution >= 4 is 38.1 Å². The van der Waals surface area contributed by atoms with Gasteiger partial charge in [-0.2, -0.15) is 0 Å². The van der Waals surface area contributed by atoms with Gasteiger partial charge in [0.1, 0.15) is 5.75 Å². The molecule has 0 saturated heterocycles. The van der Waals surface area contributed by atoms with Crippen molar-refractivity contribution in [3.63, 3.8) is 0 Å². The monoisotopic (exact) mass is 471 g/mol. The number of aromatic nitrogens is 1. The molecule has 164 valence electrons. The highest BCUT2D eigenvalue weighted by molar-refractivity contribution is 7.93. The van der Waals surface area contributed by atoms with Crippen LogP contribution in [0.15, 0.2) is 64.9 Å². The zero-order valence-corrected chi connectivity index (χ0v) is 17.4. The van der Waals surface area contributed by atoms with Crippen LogP contribution in [0.2, 0.25) is 0 Å². The van der Waals surface area contributed by atoms with Gasteiger partial charge >= 0.3 is 6.36 Å². The Morgan fingerprint density at radius 3 is 2.39 bits per heavy atom. The van der Waals surface area contributed by atoms with Crippen LogP contribution in [0.1, 0.15) is 12.1 Å². The van der Waals surface area contributed by atoms with Gasteiger partial charge < -0.3 is 10.1 Å². The van der Waals surface area contributed by atoms with Crippen molar-refractivity contribution in [3.05, 3.63) is 65.7 Å². The van der Waals surface area contributed by atoms with E-state index >= 15 is 0 Å². The molecule has 1 aromatic heterocycles. The Kier molecular flexibility index (Phi) is 6.81. The predicted octanol–water partition coefficient (Wildman–Crippen LogP) is 4.41. The third-order valence-electron chi connectivity index (χ3n) is 3.81. The van der Waals surface area contributed by atoms with E-state index in [1.54, 1.807) is 23.6 Å². The van der Waals surface area contributed by atoms with Crippen molar-refractivity contribution in [1.82, 2.24) is 4.98 Å². The summed E-state index contributed by atoms with van der Waals surface area (Å²) in [6, 6.07) is 12.6. The second kappa shape index (κ2) is 9.35. The minimum Gasteiger partial charge on any atom is -0.406 e. The van der Waals surface area contributed by atoms with Gasteiger partial charge in [-0.3, -0.25) is 9.52 Å². The molecular weight excluding hydrogens is 455 g/mol. The van der Waals surface area contributed by atoms with Crippen molar-refractivity contribution in [3.8, 4) is 5.75 Å². The first kappa shape index (κ1) is 22.6. The molecule has 0 unspecified atom stereocenters. The SMILES string of the molecule is O=C(CCc1csc(NS(=O)(=O)c2ccccc2)n1)Nc1ccc(OC(F)(F)F)cc1. The van der Waals surface area contributed by atoms with Crippen molar-refractivity contribution in [2.45, 2.75) is 24.1 Å². The summed E-state index contributed by atoms with van der Waals surface area (Å²) in [6.45, 7) is 0. The Morgan fingerprint density at radius 1 is 1.06 bits per heavy atom. The Bertz CT molecular complexity index is 1130. The van der Waals surface area contributed by atoms with Crippen molar-refractivity contribution in [1.29, 1.82) is 0 Å². The number of ether oxygens (including phenoxy) is 1. The molecule has 3 rings (SSSR count). The van der Waals surface area contributed by atoms with Gasteiger partial charge in [0.25, 0.3) is 10.0 Å². The number of nitrogens with one attached hydrogen (secondary N) is 2. The number of carbonyl (C=O) groups excluding carboxylic acids is 1. The van der Waals surface area contributed by atoms with Crippen molar-refractivity contribution in [2.75, 3.05) is 10.0 Å². The Morgan fingerprint density at radius 2 is 1.74 bits per heavy atom. The van der Waals surface area contributed by atoms with Gasteiger partial charge in [0, 0.05) is 17.5 Å². The average molecular weight is 471 g/mol. The molecule has 31 heavy (non-hydrogen) atoms. The molecular formula is C19H16F3N3O4S2. The number of anilines is 2. The summed E-state index contributed by atoms with van der Waals surface area (Å²) in [5.74, 6) is -0.762. The van der Waals surface area contributed by atoms with Crippen LogP contribution in [0.5, 0.6) is 5.75 Å². The molecule has 0 radical (unpaired) electrons. The molecule has 7 nitrogen and oxygen atoms in total. The number of aryl methyl sites for hydroxylation is 1. The number of thiazole rings is 1. The van der Waals surface area contributed by atoms with Crippen LogP contribution < -0.4 is 14.8 Å². The first-order chi connectivity index (χ1) is 14.6. The van der Waals surface area contributed by atoms with E-state index in [1.807, 2.05) is 0 Å². The number of hydrogen-bond donors (Lipinski definition) is 2. The fraction of sp³-hybridized carbons (Fsp3) is 0.158. The molecule has 0 bridgehead atoms. The topological polar surface area (TPSA) is 97.4 Å². The number of carbonyl (C=O) groups is 1. The summed E-state index contributed by atoms with van der Waals surface area (Å²) in [5.41, 5.74) is 0.842. The summed E-state index contributed by atoms with van der Waals surface area (Å²) >= 11 is 1.09. The van der Waals surface area contributed by atoms with Crippen molar-refractivity contribution in [2.24, 2.45) is 0 Å². The van der Waals surface area contributed by atoms with Crippen LogP contribution in [0.3, 0.4) is 0 Å². The molecule has 2 aromatic carbocycles. The van der Waals surface area contributed by atoms with Gasteiger partial charge in [-0.15, -0.1) is 24.5 Å². The molecule has 1 heterocycles. The lowest BCUT2D eigenvalue weighted by Crippen LogP contribution is -2.17. The number of rotatable bonds is 8. The largest absolute Gasteiger partial charge is 0.573 e. The highest BCUT2D eigenvalue weighted by atomic mass is 32.2. The molecule has 3 aromatic rings. The normalized spacial score (nSPS) is 11.7. The summed E-state index contributed by atoms with van der Waals surface area (Å²) in [5, 5.41) is 4.38. The number of hydrogen-bond acceptors (Lipinski definition) is 6. The molecule has 0 aliphatic carbocycles. The first-order valence-corrected chi connectivity index (χ1v) is 11.1. The zero-order valence-electron chi connectivity index (χ0n) is 15.7. The summed E-state index contributed by atoms with van der Waals surface area (Å²) in [6.07, 6.45) is -4.48. The van der Waals surface area contributed by atoms with Crippen LogP contribution in [0.25, 0.3) is 0 Å². The van der Waals surface area contributed by atoms with E-state index in [9.17, 15) is 26.4 Å². The third kappa shape index (κ3) is 6.96. The smallest absolute Gasteiger partial charge is 0.406 e. The predicted molar refractivity (Wildman–Crippen MR) is 109 cm³/mol. The number of halogens is 3. The van der Waals surface area contributed by atoms with E-state index in [2.05, 4.69) is 19.8 Å². The molecule has 0 aliphatic heterocycles. The van der Waals surface area contributed by atoms with Gasteiger partial charge in [-0.25, -0.2) is 13.4 Å². The zero-order chi connectivity index (χ0) is 22.5. The highest BCUT2D eigenvalue weighted by Gasteiger charge is 2.31. The molecule has 0 aliphatic rings. The Hall–Kier alpha value is -3.12. The quantitative estimate of drug-likeness (QED) is 0.507. The lowest BCUT2D eigenvalue weighted by Gasteiger charge is -2.09. The van der Waals surface area contributed by atoms with Crippen molar-refractivity contribution < 1.29 is 31.1 Å². The highest BCUT2D eigenvalue weighted by Crippen LogP contribution is 2.24. The second-order valence-corrected chi connectivity index (χ2v) is 8.72. The van der Waals surface area contributed by atoms with E-state index in [-0.39, 0.29) is 28.8 Å². The minimum absolute atomic E-state index is 0.0510. The molecule has 0 saturated carbocycles. The fourth-order valence-electron chi connectivity index (χ4n) is 2.45. The van der Waals surface area contributed by atoms with Gasteiger partial charge in [0.15, 0.2) is 5.13 Å². The molecule has 12 heteroatoms. The number of sulfonamides is 1. The number of nitrogens with zero attached hydrogens (tertiary/aromatic N) is 1. The van der Waals surface area contributed by atoms with E-state index in [4.69, 9.17) is 0 Å². The molecule has 0 fully saturated rings. The standard InChI is InChI=1S/C19H16F3N3O4S2/c20-19(21,22)29-15-9-6-13(7-10-15)23-17(26)11-8-14-12-30-18(24-14)25-31(27,28)16-4-2-1-3-5-16/h1-7,9-10,12H,8,11H2,(H,23,26)(H,24,25). The first-order valence-electron chi connectivity index (χ1n) is 8.79. The molecule has 1 amide bonds. The van der Waals surface area contributed by atoms with E-state index in [0.29, 0.717) is 11.4 Å². The summed E-state index contributed by atoms with van der Waals surface area (Å²) < 4.78 is 67.2. The van der Waals surface area contributed by atoms with Crippen LogP contribution in [-0.2, 0) is 21.2 Å². The van der Waals surface area contributed by atoms with Gasteiger partial charge in [0.2, 0.25) is 5.91 Å². The lowest BCUT2D eigenvalue weighted by molar-refractivity contribution is -0.274. The van der Waals surface area contributed by atoms with Gasteiger partial charge in [-0.1, -0.05) is 18.2 Å². The summed E-state index contributed by atoms with van der Waals surface area (Å²) in [4.78, 5) is 16.3. The van der Waals surface area contributed by atoms with E-state index < -0.39 is 22.1 Å². The maximum atomic E-state index is 12.3. The minimum atomic E-state index is -4.79. The second-order valence-electron chi connectivity index (χ2n) is 6.18. The summed E-state index contributed by atoms with van der Waals surface area (Å²) in [7, 11) is -3.75. The fourth-order valence-corrected chi connectivity index (χ4v) is 4.47. The van der Waals surface area contributed by atoms with Crippen LogP contribution >= 0.6 is 11.3 Å². The number of alkyl halides is 3. The molecule has 2 N–H and O–H groups in total. The maximum absolute atomic E-state index is 12.3. The van der Waals surface area contributed by atoms with E-state index in [1.165, 1.54) is 24.3 Å². The van der Waals surface area contributed by atoms with Gasteiger partial charge in [-0.05, 0) is 42.8 Å². The average Bonchev–Trinajstić information content (AvgIpc) is 3.14. The van der Waals surface area contributed by atoms with Crippen LogP contribution in [0.4, 0.5) is 24.0 Å². The Labute approximate surface area is 179 Å². The molecule has 0 atom stereocenters.